The average molecular weight is 514 g/mol. The largest absolute Gasteiger partial charge is 0.446 e. The first-order valence-corrected chi connectivity index (χ1v) is 14.0. The van der Waals surface area contributed by atoms with E-state index < -0.39 is 0 Å². The standard InChI is InChI=1S/C32H39N3O3/c1-21(2)26-16-15-22(3)19-29(26)38-32(37)34-18-17-27-28(20-34)33-23(4)35(31(27)36)30(24-11-7-5-8-12-24)25-13-9-6-10-14-25/h5-14,21-22,26,29-30H,15-20H2,1-4H3/t22-,26+,29-/m1/s1. The minimum Gasteiger partial charge on any atom is -0.446 e. The predicted molar refractivity (Wildman–Crippen MR) is 149 cm³/mol. The second kappa shape index (κ2) is 11.1. The molecular formula is C32H39N3O3. The summed E-state index contributed by atoms with van der Waals surface area (Å²) in [5, 5.41) is 0. The molecule has 1 fully saturated rings. The van der Waals surface area contributed by atoms with Crippen molar-refractivity contribution in [2.75, 3.05) is 6.54 Å². The normalized spacial score (nSPS) is 21.4. The smallest absolute Gasteiger partial charge is 0.410 e. The summed E-state index contributed by atoms with van der Waals surface area (Å²) < 4.78 is 7.92. The number of fused-ring (bicyclic) bond motifs is 1. The molecule has 3 aromatic rings. The number of nitrogens with zero attached hydrogens (tertiary/aromatic N) is 3. The fourth-order valence-electron chi connectivity index (χ4n) is 6.30. The summed E-state index contributed by atoms with van der Waals surface area (Å²) in [7, 11) is 0. The zero-order valence-electron chi connectivity index (χ0n) is 23.0. The van der Waals surface area contributed by atoms with Crippen LogP contribution in [-0.2, 0) is 17.7 Å². The van der Waals surface area contributed by atoms with Crippen LogP contribution in [0.3, 0.4) is 0 Å². The van der Waals surface area contributed by atoms with Gasteiger partial charge in [0.15, 0.2) is 0 Å². The van der Waals surface area contributed by atoms with Crippen LogP contribution in [0.4, 0.5) is 4.79 Å². The van der Waals surface area contributed by atoms with E-state index in [0.717, 1.165) is 24.0 Å². The Hall–Kier alpha value is -3.41. The van der Waals surface area contributed by atoms with E-state index in [1.165, 1.54) is 6.42 Å². The van der Waals surface area contributed by atoms with Crippen molar-refractivity contribution in [3.05, 3.63) is 99.2 Å². The molecule has 1 aliphatic carbocycles. The summed E-state index contributed by atoms with van der Waals surface area (Å²) in [6, 6.07) is 19.9. The van der Waals surface area contributed by atoms with Crippen LogP contribution in [0.15, 0.2) is 65.5 Å². The molecule has 2 aromatic carbocycles. The number of rotatable bonds is 5. The number of hydrogen-bond acceptors (Lipinski definition) is 4. The first kappa shape index (κ1) is 26.2. The maximum atomic E-state index is 14.0. The van der Waals surface area contributed by atoms with Crippen molar-refractivity contribution in [2.45, 2.75) is 72.1 Å². The van der Waals surface area contributed by atoms with Gasteiger partial charge >= 0.3 is 6.09 Å². The molecule has 1 saturated carbocycles. The number of amides is 1. The number of hydrogen-bond donors (Lipinski definition) is 0. The molecule has 38 heavy (non-hydrogen) atoms. The van der Waals surface area contributed by atoms with E-state index in [1.54, 1.807) is 4.90 Å². The fraction of sp³-hybridized carbons (Fsp3) is 0.469. The van der Waals surface area contributed by atoms with E-state index in [1.807, 2.05) is 47.9 Å². The number of carbonyl (C=O) groups excluding carboxylic acids is 1. The van der Waals surface area contributed by atoms with Crippen LogP contribution in [0.2, 0.25) is 0 Å². The van der Waals surface area contributed by atoms with Gasteiger partial charge in [0.05, 0.1) is 18.3 Å². The van der Waals surface area contributed by atoms with E-state index in [2.05, 4.69) is 45.0 Å². The van der Waals surface area contributed by atoms with Gasteiger partial charge in [0, 0.05) is 12.1 Å². The van der Waals surface area contributed by atoms with Crippen molar-refractivity contribution in [3.63, 3.8) is 0 Å². The minimum absolute atomic E-state index is 0.0285. The molecule has 0 spiro atoms. The summed E-state index contributed by atoms with van der Waals surface area (Å²) in [6.45, 7) is 9.32. The van der Waals surface area contributed by atoms with Crippen LogP contribution in [-0.4, -0.2) is 33.2 Å². The number of benzene rings is 2. The quantitative estimate of drug-likeness (QED) is 0.411. The van der Waals surface area contributed by atoms with Crippen LogP contribution in [0.5, 0.6) is 0 Å². The Labute approximate surface area is 225 Å². The molecule has 2 aliphatic rings. The van der Waals surface area contributed by atoms with Crippen LogP contribution in [0.25, 0.3) is 0 Å². The second-order valence-electron chi connectivity index (χ2n) is 11.4. The summed E-state index contributed by atoms with van der Waals surface area (Å²) >= 11 is 0. The van der Waals surface area contributed by atoms with Gasteiger partial charge < -0.3 is 9.64 Å². The van der Waals surface area contributed by atoms with Gasteiger partial charge in [-0.15, -0.1) is 0 Å². The predicted octanol–water partition coefficient (Wildman–Crippen LogP) is 6.14. The summed E-state index contributed by atoms with van der Waals surface area (Å²) in [5.74, 6) is 2.08. The van der Waals surface area contributed by atoms with Crippen molar-refractivity contribution in [1.82, 2.24) is 14.5 Å². The molecule has 0 saturated heterocycles. The molecule has 3 atom stereocenters. The van der Waals surface area contributed by atoms with Gasteiger partial charge in [-0.05, 0) is 55.1 Å². The molecule has 0 N–H and O–H groups in total. The third-order valence-electron chi connectivity index (χ3n) is 8.40. The molecule has 1 aromatic heterocycles. The summed E-state index contributed by atoms with van der Waals surface area (Å²) in [4.78, 5) is 33.8. The lowest BCUT2D eigenvalue weighted by Gasteiger charge is -2.38. The number of aryl methyl sites for hydroxylation is 1. The number of aromatic nitrogens is 2. The highest BCUT2D eigenvalue weighted by Gasteiger charge is 2.36. The zero-order valence-corrected chi connectivity index (χ0v) is 23.0. The number of ether oxygens (including phenoxy) is 1. The highest BCUT2D eigenvalue weighted by Crippen LogP contribution is 2.36. The maximum absolute atomic E-state index is 14.0. The Morgan fingerprint density at radius 2 is 1.63 bits per heavy atom. The molecule has 2 heterocycles. The highest BCUT2D eigenvalue weighted by molar-refractivity contribution is 5.68. The molecule has 200 valence electrons. The molecule has 6 nitrogen and oxygen atoms in total. The zero-order chi connectivity index (χ0) is 26.8. The molecule has 0 radical (unpaired) electrons. The van der Waals surface area contributed by atoms with Crippen LogP contribution >= 0.6 is 0 Å². The third-order valence-corrected chi connectivity index (χ3v) is 8.40. The lowest BCUT2D eigenvalue weighted by atomic mass is 9.75. The van der Waals surface area contributed by atoms with Gasteiger partial charge in [0.1, 0.15) is 11.9 Å². The maximum Gasteiger partial charge on any atom is 0.410 e. The van der Waals surface area contributed by atoms with Crippen molar-refractivity contribution >= 4 is 6.09 Å². The third kappa shape index (κ3) is 5.27. The average Bonchev–Trinajstić information content (AvgIpc) is 2.91. The molecule has 6 heteroatoms. The monoisotopic (exact) mass is 513 g/mol. The molecule has 0 bridgehead atoms. The Balaban J connectivity index is 1.42. The Bertz CT molecular complexity index is 1280. The topological polar surface area (TPSA) is 64.4 Å². The van der Waals surface area contributed by atoms with Crippen molar-refractivity contribution in [3.8, 4) is 0 Å². The molecule has 0 unspecified atom stereocenters. The molecule has 1 amide bonds. The van der Waals surface area contributed by atoms with E-state index in [4.69, 9.17) is 9.72 Å². The second-order valence-corrected chi connectivity index (χ2v) is 11.4. The Morgan fingerprint density at radius 3 is 2.24 bits per heavy atom. The van der Waals surface area contributed by atoms with E-state index in [0.29, 0.717) is 54.3 Å². The molecule has 1 aliphatic heterocycles. The van der Waals surface area contributed by atoms with Crippen LogP contribution in [0, 0.1) is 24.7 Å². The van der Waals surface area contributed by atoms with Gasteiger partial charge in [0.25, 0.3) is 5.56 Å². The first-order valence-electron chi connectivity index (χ1n) is 14.0. The van der Waals surface area contributed by atoms with Crippen molar-refractivity contribution in [1.29, 1.82) is 0 Å². The van der Waals surface area contributed by atoms with Crippen molar-refractivity contribution in [2.24, 2.45) is 17.8 Å². The Kier molecular flexibility index (Phi) is 7.68. The minimum atomic E-state index is -0.282. The van der Waals surface area contributed by atoms with Crippen LogP contribution in [0.1, 0.15) is 74.3 Å². The van der Waals surface area contributed by atoms with E-state index in [-0.39, 0.29) is 23.8 Å². The van der Waals surface area contributed by atoms with Crippen LogP contribution < -0.4 is 5.56 Å². The van der Waals surface area contributed by atoms with Gasteiger partial charge in [-0.2, -0.15) is 0 Å². The van der Waals surface area contributed by atoms with Gasteiger partial charge in [-0.3, -0.25) is 9.36 Å². The highest BCUT2D eigenvalue weighted by atomic mass is 16.6. The first-order chi connectivity index (χ1) is 18.3. The van der Waals surface area contributed by atoms with E-state index in [9.17, 15) is 9.59 Å². The van der Waals surface area contributed by atoms with Gasteiger partial charge in [-0.25, -0.2) is 9.78 Å². The lowest BCUT2D eigenvalue weighted by Crippen LogP contribution is -2.44. The molecule has 5 rings (SSSR count). The van der Waals surface area contributed by atoms with E-state index >= 15 is 0 Å². The summed E-state index contributed by atoms with van der Waals surface area (Å²) in [6.07, 6.45) is 3.35. The summed E-state index contributed by atoms with van der Waals surface area (Å²) in [5.41, 5.74) is 3.42. The fourth-order valence-corrected chi connectivity index (χ4v) is 6.30. The molecular weight excluding hydrogens is 474 g/mol. The SMILES string of the molecule is Cc1nc2c(c(=O)n1C(c1ccccc1)c1ccccc1)CCN(C(=O)O[C@@H]1C[C@H](C)CC[C@H]1C(C)C)C2. The number of carbonyl (C=O) groups is 1. The van der Waals surface area contributed by atoms with Gasteiger partial charge in [-0.1, -0.05) is 87.9 Å². The van der Waals surface area contributed by atoms with Crippen molar-refractivity contribution < 1.29 is 9.53 Å². The Morgan fingerprint density at radius 1 is 1.00 bits per heavy atom. The van der Waals surface area contributed by atoms with Gasteiger partial charge in [0.2, 0.25) is 0 Å². The lowest BCUT2D eigenvalue weighted by molar-refractivity contribution is -0.0120.